The monoisotopic (exact) mass is 265 g/mol. The Balaban J connectivity index is 2.43. The fourth-order valence-electron chi connectivity index (χ4n) is 1.34. The van der Waals surface area contributed by atoms with Crippen LogP contribution in [0.5, 0.6) is 5.75 Å². The average molecular weight is 265 g/mol. The molecule has 0 saturated carbocycles. The van der Waals surface area contributed by atoms with E-state index < -0.39 is 0 Å². The summed E-state index contributed by atoms with van der Waals surface area (Å²) in [5.74, 6) is 0.312. The number of nitrogens with two attached hydrogens (primary N) is 1. The summed E-state index contributed by atoms with van der Waals surface area (Å²) < 4.78 is 5.24. The van der Waals surface area contributed by atoms with Crippen molar-refractivity contribution in [2.75, 3.05) is 25.5 Å². The molecule has 0 heterocycles. The fraction of sp³-hybridized carbons (Fsp3) is 0.385. The Bertz CT molecular complexity index is 418. The maximum atomic E-state index is 11.5. The van der Waals surface area contributed by atoms with Crippen molar-refractivity contribution in [3.8, 4) is 5.75 Å². The Morgan fingerprint density at radius 3 is 2.47 bits per heavy atom. The molecule has 1 aromatic carbocycles. The molecule has 0 spiro atoms. The van der Waals surface area contributed by atoms with E-state index in [9.17, 15) is 9.59 Å². The smallest absolute Gasteiger partial charge is 0.257 e. The second-order valence-electron chi connectivity index (χ2n) is 3.93. The molecule has 6 heteroatoms. The van der Waals surface area contributed by atoms with Crippen LogP contribution in [0.4, 0.5) is 5.69 Å². The van der Waals surface area contributed by atoms with E-state index >= 15 is 0 Å². The van der Waals surface area contributed by atoms with Gasteiger partial charge >= 0.3 is 0 Å². The topological polar surface area (TPSA) is 93.5 Å². The Hall–Kier alpha value is -2.08. The van der Waals surface area contributed by atoms with Gasteiger partial charge in [0.05, 0.1) is 0 Å². The Labute approximate surface area is 112 Å². The highest BCUT2D eigenvalue weighted by atomic mass is 16.5. The second kappa shape index (κ2) is 8.10. The number of benzene rings is 1. The number of amides is 2. The molecule has 0 fully saturated rings. The van der Waals surface area contributed by atoms with Crippen molar-refractivity contribution >= 4 is 17.5 Å². The maximum Gasteiger partial charge on any atom is 0.257 e. The third-order valence-electron chi connectivity index (χ3n) is 2.39. The molecule has 0 aliphatic rings. The molecule has 1 aromatic rings. The van der Waals surface area contributed by atoms with E-state index in [0.717, 1.165) is 0 Å². The Morgan fingerprint density at radius 2 is 1.89 bits per heavy atom. The van der Waals surface area contributed by atoms with Crippen LogP contribution in [0.15, 0.2) is 24.3 Å². The van der Waals surface area contributed by atoms with Gasteiger partial charge in [-0.05, 0) is 37.2 Å². The van der Waals surface area contributed by atoms with Crippen molar-refractivity contribution in [1.82, 2.24) is 5.32 Å². The summed E-state index contributed by atoms with van der Waals surface area (Å²) in [6.07, 6.45) is 1.07. The molecule has 0 aliphatic carbocycles. The summed E-state index contributed by atoms with van der Waals surface area (Å²) >= 11 is 0. The van der Waals surface area contributed by atoms with E-state index in [-0.39, 0.29) is 18.4 Å². The molecule has 4 N–H and O–H groups in total. The lowest BCUT2D eigenvalue weighted by Gasteiger charge is -2.07. The maximum absolute atomic E-state index is 11.5. The molecule has 2 amide bonds. The molecule has 0 atom stereocenters. The molecular formula is C13H19N3O3. The molecule has 0 aromatic heterocycles. The van der Waals surface area contributed by atoms with Crippen LogP contribution in [-0.2, 0) is 9.59 Å². The van der Waals surface area contributed by atoms with Gasteiger partial charge in [0.25, 0.3) is 5.91 Å². The van der Waals surface area contributed by atoms with Crippen molar-refractivity contribution in [3.05, 3.63) is 24.3 Å². The molecule has 104 valence electrons. The van der Waals surface area contributed by atoms with E-state index in [4.69, 9.17) is 10.5 Å². The average Bonchev–Trinajstić information content (AvgIpc) is 2.44. The molecule has 1 rings (SSSR count). The summed E-state index contributed by atoms with van der Waals surface area (Å²) in [6.45, 7) is 0.471. The lowest BCUT2D eigenvalue weighted by molar-refractivity contribution is -0.122. The van der Waals surface area contributed by atoms with Gasteiger partial charge in [-0.2, -0.15) is 0 Å². The molecular weight excluding hydrogens is 246 g/mol. The van der Waals surface area contributed by atoms with Crippen LogP contribution in [0.2, 0.25) is 0 Å². The van der Waals surface area contributed by atoms with Crippen molar-refractivity contribution in [3.63, 3.8) is 0 Å². The Kier molecular flexibility index (Phi) is 6.38. The zero-order valence-electron chi connectivity index (χ0n) is 10.9. The van der Waals surface area contributed by atoms with Gasteiger partial charge in [-0.15, -0.1) is 0 Å². The third kappa shape index (κ3) is 5.87. The lowest BCUT2D eigenvalue weighted by Crippen LogP contribution is -2.24. The fourth-order valence-corrected chi connectivity index (χ4v) is 1.34. The highest BCUT2D eigenvalue weighted by Gasteiger charge is 2.03. The standard InChI is InChI=1S/C13H19N3O3/c1-15-13(18)9-19-11-6-4-10(5-7-11)16-12(17)3-2-8-14/h4-7H,2-3,8-9,14H2,1H3,(H,15,18)(H,16,17). The van der Waals surface area contributed by atoms with E-state index in [1.54, 1.807) is 31.3 Å². The van der Waals surface area contributed by atoms with Gasteiger partial charge < -0.3 is 21.1 Å². The number of ether oxygens (including phenoxy) is 1. The van der Waals surface area contributed by atoms with Gasteiger partial charge in [0.2, 0.25) is 5.91 Å². The number of likely N-dealkylation sites (N-methyl/N-ethyl adjacent to an activating group) is 1. The predicted molar refractivity (Wildman–Crippen MR) is 72.9 cm³/mol. The summed E-state index contributed by atoms with van der Waals surface area (Å²) in [6, 6.07) is 6.84. The lowest BCUT2D eigenvalue weighted by atomic mass is 10.2. The van der Waals surface area contributed by atoms with Crippen molar-refractivity contribution in [2.45, 2.75) is 12.8 Å². The van der Waals surface area contributed by atoms with Crippen molar-refractivity contribution in [2.24, 2.45) is 5.73 Å². The quantitative estimate of drug-likeness (QED) is 0.669. The first-order valence-electron chi connectivity index (χ1n) is 6.09. The molecule has 0 bridgehead atoms. The van der Waals surface area contributed by atoms with Gasteiger partial charge in [-0.3, -0.25) is 9.59 Å². The van der Waals surface area contributed by atoms with Gasteiger partial charge in [0, 0.05) is 19.2 Å². The van der Waals surface area contributed by atoms with E-state index in [1.807, 2.05) is 0 Å². The van der Waals surface area contributed by atoms with Crippen LogP contribution >= 0.6 is 0 Å². The normalized spacial score (nSPS) is 9.79. The molecule has 0 aliphatic heterocycles. The van der Waals surface area contributed by atoms with Gasteiger partial charge in [-0.1, -0.05) is 0 Å². The number of hydrogen-bond donors (Lipinski definition) is 3. The first-order valence-corrected chi connectivity index (χ1v) is 6.09. The van der Waals surface area contributed by atoms with Crippen LogP contribution < -0.4 is 21.1 Å². The number of rotatable bonds is 7. The molecule has 0 radical (unpaired) electrons. The summed E-state index contributed by atoms with van der Waals surface area (Å²) in [7, 11) is 1.55. The predicted octanol–water partition coefficient (Wildman–Crippen LogP) is 0.489. The largest absolute Gasteiger partial charge is 0.484 e. The molecule has 0 unspecified atom stereocenters. The van der Waals surface area contributed by atoms with Crippen molar-refractivity contribution in [1.29, 1.82) is 0 Å². The van der Waals surface area contributed by atoms with Gasteiger partial charge in [0.15, 0.2) is 6.61 Å². The third-order valence-corrected chi connectivity index (χ3v) is 2.39. The van der Waals surface area contributed by atoms with Gasteiger partial charge in [-0.25, -0.2) is 0 Å². The summed E-state index contributed by atoms with van der Waals surface area (Å²) in [5.41, 5.74) is 6.02. The molecule has 19 heavy (non-hydrogen) atoms. The summed E-state index contributed by atoms with van der Waals surface area (Å²) in [4.78, 5) is 22.5. The van der Waals surface area contributed by atoms with Crippen molar-refractivity contribution < 1.29 is 14.3 Å². The van der Waals surface area contributed by atoms with E-state index in [2.05, 4.69) is 10.6 Å². The molecule has 6 nitrogen and oxygen atoms in total. The van der Waals surface area contributed by atoms with Crippen LogP contribution in [0.25, 0.3) is 0 Å². The number of nitrogens with one attached hydrogen (secondary N) is 2. The van der Waals surface area contributed by atoms with Crippen LogP contribution in [0.3, 0.4) is 0 Å². The molecule has 0 saturated heterocycles. The zero-order chi connectivity index (χ0) is 14.1. The summed E-state index contributed by atoms with van der Waals surface area (Å²) in [5, 5.41) is 5.21. The number of carbonyl (C=O) groups is 2. The van der Waals surface area contributed by atoms with E-state index in [1.165, 1.54) is 0 Å². The van der Waals surface area contributed by atoms with E-state index in [0.29, 0.717) is 30.8 Å². The Morgan fingerprint density at radius 1 is 1.21 bits per heavy atom. The van der Waals surface area contributed by atoms with Crippen LogP contribution in [-0.4, -0.2) is 32.0 Å². The highest BCUT2D eigenvalue weighted by Crippen LogP contribution is 2.15. The SMILES string of the molecule is CNC(=O)COc1ccc(NC(=O)CCCN)cc1. The highest BCUT2D eigenvalue weighted by molar-refractivity contribution is 5.90. The number of hydrogen-bond acceptors (Lipinski definition) is 4. The van der Waals surface area contributed by atoms with Crippen LogP contribution in [0, 0.1) is 0 Å². The number of carbonyl (C=O) groups excluding carboxylic acids is 2. The van der Waals surface area contributed by atoms with Gasteiger partial charge in [0.1, 0.15) is 5.75 Å². The first-order chi connectivity index (χ1) is 9.15. The number of anilines is 1. The minimum absolute atomic E-state index is 0.0291. The second-order valence-corrected chi connectivity index (χ2v) is 3.93. The minimum atomic E-state index is -0.195. The zero-order valence-corrected chi connectivity index (χ0v) is 10.9. The first kappa shape index (κ1) is 15.0. The van der Waals surface area contributed by atoms with Crippen LogP contribution in [0.1, 0.15) is 12.8 Å². The minimum Gasteiger partial charge on any atom is -0.484 e.